The largest absolute Gasteiger partial charge is 0.350 e. The maximum atomic E-state index is 12.0. The zero-order chi connectivity index (χ0) is 13.8. The molecule has 8 heteroatoms. The van der Waals surface area contributed by atoms with Crippen LogP contribution in [-0.2, 0) is 0 Å². The van der Waals surface area contributed by atoms with Gasteiger partial charge < -0.3 is 10.6 Å². The van der Waals surface area contributed by atoms with E-state index in [4.69, 9.17) is 11.6 Å². The van der Waals surface area contributed by atoms with Gasteiger partial charge in [-0.2, -0.15) is 0 Å². The molecule has 110 valence electrons. The molecule has 0 aromatic heterocycles. The molecule has 1 saturated heterocycles. The Balaban J connectivity index is 0.00000200. The highest BCUT2D eigenvalue weighted by Crippen LogP contribution is 2.23. The summed E-state index contributed by atoms with van der Waals surface area (Å²) in [6.07, 6.45) is 2.09. The SMILES string of the molecule is Cl.O=C(NCC1CCCN1)c1ccc(Cl)cc1[N+](=O)[O-]. The lowest BCUT2D eigenvalue weighted by Gasteiger charge is -2.11. The summed E-state index contributed by atoms with van der Waals surface area (Å²) in [5.74, 6) is -0.447. The average molecular weight is 320 g/mol. The Hall–Kier alpha value is -1.37. The number of nitro benzene ring substituents is 1. The first-order valence-corrected chi connectivity index (χ1v) is 6.41. The Morgan fingerprint density at radius 1 is 1.55 bits per heavy atom. The number of carbonyl (C=O) groups excluding carboxylic acids is 1. The van der Waals surface area contributed by atoms with Gasteiger partial charge in [0.25, 0.3) is 11.6 Å². The van der Waals surface area contributed by atoms with Gasteiger partial charge in [0.1, 0.15) is 5.56 Å². The number of nitrogens with one attached hydrogen (secondary N) is 2. The summed E-state index contributed by atoms with van der Waals surface area (Å²) in [7, 11) is 0. The molecule has 0 saturated carbocycles. The van der Waals surface area contributed by atoms with E-state index in [1.54, 1.807) is 0 Å². The minimum absolute atomic E-state index is 0. The molecule has 2 rings (SSSR count). The van der Waals surface area contributed by atoms with Crippen molar-refractivity contribution in [2.24, 2.45) is 0 Å². The van der Waals surface area contributed by atoms with Gasteiger partial charge in [-0.05, 0) is 31.5 Å². The van der Waals surface area contributed by atoms with Crippen LogP contribution in [0.2, 0.25) is 5.02 Å². The predicted octanol–water partition coefficient (Wildman–Crippen LogP) is 2.15. The summed E-state index contributed by atoms with van der Waals surface area (Å²) in [6, 6.07) is 4.27. The Labute approximate surface area is 127 Å². The highest BCUT2D eigenvalue weighted by Gasteiger charge is 2.22. The van der Waals surface area contributed by atoms with Crippen LogP contribution < -0.4 is 10.6 Å². The van der Waals surface area contributed by atoms with E-state index in [2.05, 4.69) is 10.6 Å². The highest BCUT2D eigenvalue weighted by atomic mass is 35.5. The molecule has 1 aliphatic rings. The van der Waals surface area contributed by atoms with Crippen molar-refractivity contribution in [1.82, 2.24) is 10.6 Å². The molecule has 1 atom stereocenters. The maximum absolute atomic E-state index is 12.0. The molecule has 1 aliphatic heterocycles. The lowest BCUT2D eigenvalue weighted by molar-refractivity contribution is -0.385. The van der Waals surface area contributed by atoms with Gasteiger partial charge in [0.15, 0.2) is 0 Å². The van der Waals surface area contributed by atoms with Crippen LogP contribution in [0.3, 0.4) is 0 Å². The van der Waals surface area contributed by atoms with Gasteiger partial charge >= 0.3 is 0 Å². The van der Waals surface area contributed by atoms with Crippen molar-refractivity contribution >= 4 is 35.6 Å². The minimum Gasteiger partial charge on any atom is -0.350 e. The van der Waals surface area contributed by atoms with Gasteiger partial charge in [-0.25, -0.2) is 0 Å². The van der Waals surface area contributed by atoms with Crippen molar-refractivity contribution in [2.75, 3.05) is 13.1 Å². The number of nitrogens with zero attached hydrogens (tertiary/aromatic N) is 1. The van der Waals surface area contributed by atoms with Gasteiger partial charge in [-0.1, -0.05) is 11.6 Å². The molecule has 20 heavy (non-hydrogen) atoms. The zero-order valence-corrected chi connectivity index (χ0v) is 12.2. The van der Waals surface area contributed by atoms with Gasteiger partial charge in [-0.3, -0.25) is 14.9 Å². The van der Waals surface area contributed by atoms with Crippen molar-refractivity contribution in [1.29, 1.82) is 0 Å². The van der Waals surface area contributed by atoms with Crippen molar-refractivity contribution in [3.63, 3.8) is 0 Å². The Morgan fingerprint density at radius 3 is 2.90 bits per heavy atom. The molecule has 1 unspecified atom stereocenters. The van der Waals surface area contributed by atoms with E-state index in [1.165, 1.54) is 18.2 Å². The Kier molecular flexibility index (Phi) is 6.19. The number of hydrogen-bond donors (Lipinski definition) is 2. The molecular formula is C12H15Cl2N3O3. The van der Waals surface area contributed by atoms with Crippen LogP contribution in [0.5, 0.6) is 0 Å². The zero-order valence-electron chi connectivity index (χ0n) is 10.6. The van der Waals surface area contributed by atoms with E-state index in [1.807, 2.05) is 0 Å². The Bertz CT molecular complexity index is 505. The molecule has 0 aliphatic carbocycles. The van der Waals surface area contributed by atoms with Crippen molar-refractivity contribution in [3.8, 4) is 0 Å². The number of amides is 1. The van der Waals surface area contributed by atoms with Gasteiger partial charge in [0.2, 0.25) is 0 Å². The smallest absolute Gasteiger partial charge is 0.283 e. The molecular weight excluding hydrogens is 305 g/mol. The monoisotopic (exact) mass is 319 g/mol. The van der Waals surface area contributed by atoms with Crippen molar-refractivity contribution in [2.45, 2.75) is 18.9 Å². The molecule has 1 amide bonds. The minimum atomic E-state index is -0.603. The fraction of sp³-hybridized carbons (Fsp3) is 0.417. The first-order chi connectivity index (χ1) is 9.08. The molecule has 0 radical (unpaired) electrons. The molecule has 6 nitrogen and oxygen atoms in total. The highest BCUT2D eigenvalue weighted by molar-refractivity contribution is 6.31. The van der Waals surface area contributed by atoms with Crippen LogP contribution in [0.15, 0.2) is 18.2 Å². The molecule has 0 bridgehead atoms. The second-order valence-corrected chi connectivity index (χ2v) is 4.86. The molecule has 1 heterocycles. The third-order valence-corrected chi connectivity index (χ3v) is 3.31. The molecule has 0 spiro atoms. The standard InChI is InChI=1S/C12H14ClN3O3.ClH/c13-8-3-4-10(11(6-8)16(18)19)12(17)15-7-9-2-1-5-14-9;/h3-4,6,9,14H,1-2,5,7H2,(H,15,17);1H. The first kappa shape index (κ1) is 16.7. The number of benzene rings is 1. The summed E-state index contributed by atoms with van der Waals surface area (Å²) in [5, 5.41) is 17.1. The fourth-order valence-electron chi connectivity index (χ4n) is 2.09. The summed E-state index contributed by atoms with van der Waals surface area (Å²) in [6.45, 7) is 1.42. The number of nitro groups is 1. The van der Waals surface area contributed by atoms with E-state index >= 15 is 0 Å². The van der Waals surface area contributed by atoms with Crippen LogP contribution in [-0.4, -0.2) is 30.0 Å². The third-order valence-electron chi connectivity index (χ3n) is 3.07. The average Bonchev–Trinajstić information content (AvgIpc) is 2.88. The molecule has 1 aromatic carbocycles. The topological polar surface area (TPSA) is 84.3 Å². The molecule has 2 N–H and O–H groups in total. The maximum Gasteiger partial charge on any atom is 0.283 e. The second kappa shape index (κ2) is 7.42. The van der Waals surface area contributed by atoms with Gasteiger partial charge in [0, 0.05) is 23.7 Å². The summed E-state index contributed by atoms with van der Waals surface area (Å²) < 4.78 is 0. The lowest BCUT2D eigenvalue weighted by atomic mass is 10.1. The summed E-state index contributed by atoms with van der Waals surface area (Å²) in [5.41, 5.74) is -0.239. The van der Waals surface area contributed by atoms with E-state index in [9.17, 15) is 14.9 Å². The normalized spacial score (nSPS) is 17.4. The van der Waals surface area contributed by atoms with Crippen molar-refractivity contribution < 1.29 is 9.72 Å². The van der Waals surface area contributed by atoms with Crippen LogP contribution >= 0.6 is 24.0 Å². The molecule has 1 fully saturated rings. The molecule has 1 aromatic rings. The first-order valence-electron chi connectivity index (χ1n) is 6.03. The summed E-state index contributed by atoms with van der Waals surface area (Å²) >= 11 is 5.70. The number of carbonyl (C=O) groups is 1. The van der Waals surface area contributed by atoms with Crippen LogP contribution in [0, 0.1) is 10.1 Å². The quantitative estimate of drug-likeness (QED) is 0.658. The third kappa shape index (κ3) is 4.06. The number of hydrogen-bond acceptors (Lipinski definition) is 4. The number of halogens is 2. The van der Waals surface area contributed by atoms with Gasteiger partial charge in [0.05, 0.1) is 4.92 Å². The van der Waals surface area contributed by atoms with Crippen LogP contribution in [0.4, 0.5) is 5.69 Å². The van der Waals surface area contributed by atoms with E-state index in [-0.39, 0.29) is 34.7 Å². The van der Waals surface area contributed by atoms with E-state index < -0.39 is 10.8 Å². The van der Waals surface area contributed by atoms with E-state index in [0.29, 0.717) is 6.54 Å². The second-order valence-electron chi connectivity index (χ2n) is 4.42. The Morgan fingerprint density at radius 2 is 2.30 bits per heavy atom. The summed E-state index contributed by atoms with van der Waals surface area (Å²) in [4.78, 5) is 22.2. The fourth-order valence-corrected chi connectivity index (χ4v) is 2.26. The predicted molar refractivity (Wildman–Crippen MR) is 78.7 cm³/mol. The van der Waals surface area contributed by atoms with Crippen LogP contribution in [0.1, 0.15) is 23.2 Å². The lowest BCUT2D eigenvalue weighted by Crippen LogP contribution is -2.37. The van der Waals surface area contributed by atoms with Gasteiger partial charge in [-0.15, -0.1) is 12.4 Å². The van der Waals surface area contributed by atoms with E-state index in [0.717, 1.165) is 19.4 Å². The number of rotatable bonds is 4. The van der Waals surface area contributed by atoms with Crippen molar-refractivity contribution in [3.05, 3.63) is 38.9 Å². The van der Waals surface area contributed by atoms with Crippen LogP contribution in [0.25, 0.3) is 0 Å².